The second-order valence-corrected chi connectivity index (χ2v) is 3.70. The summed E-state index contributed by atoms with van der Waals surface area (Å²) in [6, 6.07) is 6.46. The Labute approximate surface area is 86.4 Å². The van der Waals surface area contributed by atoms with Gasteiger partial charge in [0.25, 0.3) is 0 Å². The molecule has 4 heteroatoms. The Morgan fingerprint density at radius 1 is 1.47 bits per heavy atom. The average Bonchev–Trinajstić information content (AvgIpc) is 2.99. The maximum Gasteiger partial charge on any atom is 0.314 e. The SMILES string of the molecule is N#Cc1cccc(C2(C(=O)O)CC2)c1O. The number of aliphatic carboxylic acids is 1. The van der Waals surface area contributed by atoms with Gasteiger partial charge >= 0.3 is 5.97 Å². The van der Waals surface area contributed by atoms with Crippen molar-refractivity contribution in [1.29, 1.82) is 5.26 Å². The van der Waals surface area contributed by atoms with E-state index in [1.807, 2.05) is 6.07 Å². The van der Waals surface area contributed by atoms with Gasteiger partial charge in [-0.2, -0.15) is 5.26 Å². The van der Waals surface area contributed by atoms with Gasteiger partial charge in [-0.15, -0.1) is 0 Å². The Kier molecular flexibility index (Phi) is 1.90. The summed E-state index contributed by atoms with van der Waals surface area (Å²) in [6.07, 6.45) is 1.04. The molecule has 0 heterocycles. The molecule has 0 spiro atoms. The fraction of sp³-hybridized carbons (Fsp3) is 0.273. The maximum absolute atomic E-state index is 11.0. The molecule has 1 saturated carbocycles. The van der Waals surface area contributed by atoms with Gasteiger partial charge in [0.2, 0.25) is 0 Å². The van der Waals surface area contributed by atoms with E-state index in [4.69, 9.17) is 10.4 Å². The van der Waals surface area contributed by atoms with E-state index in [1.165, 1.54) is 6.07 Å². The predicted molar refractivity (Wildman–Crippen MR) is 51.4 cm³/mol. The fourth-order valence-corrected chi connectivity index (χ4v) is 1.74. The Morgan fingerprint density at radius 3 is 2.60 bits per heavy atom. The summed E-state index contributed by atoms with van der Waals surface area (Å²) in [5.41, 5.74) is -0.481. The number of carboxylic acid groups (broad SMARTS) is 1. The number of phenols is 1. The topological polar surface area (TPSA) is 81.3 Å². The van der Waals surface area contributed by atoms with Crippen molar-refractivity contribution in [1.82, 2.24) is 0 Å². The first kappa shape index (κ1) is 9.53. The van der Waals surface area contributed by atoms with Crippen LogP contribution in [0.15, 0.2) is 18.2 Å². The number of carbonyl (C=O) groups is 1. The largest absolute Gasteiger partial charge is 0.506 e. The van der Waals surface area contributed by atoms with Crippen molar-refractivity contribution < 1.29 is 15.0 Å². The summed E-state index contributed by atoms with van der Waals surface area (Å²) in [5.74, 6) is -1.13. The number of nitriles is 1. The normalized spacial score (nSPS) is 16.7. The lowest BCUT2D eigenvalue weighted by Crippen LogP contribution is -2.19. The summed E-state index contributed by atoms with van der Waals surface area (Å²) in [6.45, 7) is 0. The van der Waals surface area contributed by atoms with Gasteiger partial charge < -0.3 is 10.2 Å². The predicted octanol–water partition coefficient (Wildman–Crippen LogP) is 1.38. The Hall–Kier alpha value is -2.02. The van der Waals surface area contributed by atoms with Crippen LogP contribution < -0.4 is 0 Å². The van der Waals surface area contributed by atoms with Crippen molar-refractivity contribution in [2.24, 2.45) is 0 Å². The Balaban J connectivity index is 2.56. The molecule has 4 nitrogen and oxygen atoms in total. The van der Waals surface area contributed by atoms with Crippen molar-refractivity contribution in [3.05, 3.63) is 29.3 Å². The molecule has 1 aromatic carbocycles. The second-order valence-electron chi connectivity index (χ2n) is 3.70. The van der Waals surface area contributed by atoms with E-state index in [0.29, 0.717) is 18.4 Å². The van der Waals surface area contributed by atoms with Crippen LogP contribution in [-0.4, -0.2) is 16.2 Å². The molecule has 0 amide bonds. The second kappa shape index (κ2) is 2.99. The van der Waals surface area contributed by atoms with Crippen LogP contribution >= 0.6 is 0 Å². The Morgan fingerprint density at radius 2 is 2.13 bits per heavy atom. The molecule has 1 aromatic rings. The van der Waals surface area contributed by atoms with Gasteiger partial charge in [-0.25, -0.2) is 0 Å². The van der Waals surface area contributed by atoms with E-state index < -0.39 is 11.4 Å². The third-order valence-electron chi connectivity index (χ3n) is 2.83. The minimum absolute atomic E-state index is 0.125. The lowest BCUT2D eigenvalue weighted by molar-refractivity contribution is -0.140. The van der Waals surface area contributed by atoms with E-state index in [9.17, 15) is 9.90 Å². The summed E-state index contributed by atoms with van der Waals surface area (Å²) < 4.78 is 0. The van der Waals surface area contributed by atoms with Gasteiger partial charge in [0.05, 0.1) is 11.0 Å². The first-order chi connectivity index (χ1) is 7.12. The molecular formula is C11H9NO3. The number of para-hydroxylation sites is 1. The van der Waals surface area contributed by atoms with Gasteiger partial charge in [-0.05, 0) is 18.9 Å². The highest BCUT2D eigenvalue weighted by molar-refractivity contribution is 5.86. The van der Waals surface area contributed by atoms with Gasteiger partial charge in [-0.3, -0.25) is 4.79 Å². The molecule has 0 atom stereocenters. The zero-order valence-electron chi connectivity index (χ0n) is 7.90. The number of hydrogen-bond donors (Lipinski definition) is 2. The lowest BCUT2D eigenvalue weighted by Gasteiger charge is -2.12. The van der Waals surface area contributed by atoms with E-state index >= 15 is 0 Å². The molecule has 2 N–H and O–H groups in total. The molecule has 15 heavy (non-hydrogen) atoms. The standard InChI is InChI=1S/C11H9NO3/c12-6-7-2-1-3-8(9(7)13)11(4-5-11)10(14)15/h1-3,13H,4-5H2,(H,14,15). The zero-order valence-corrected chi connectivity index (χ0v) is 7.90. The number of benzene rings is 1. The fourth-order valence-electron chi connectivity index (χ4n) is 1.74. The lowest BCUT2D eigenvalue weighted by atomic mass is 9.93. The summed E-state index contributed by atoms with van der Waals surface area (Å²) in [5, 5.41) is 27.5. The third-order valence-corrected chi connectivity index (χ3v) is 2.83. The maximum atomic E-state index is 11.0. The quantitative estimate of drug-likeness (QED) is 0.760. The zero-order chi connectivity index (χ0) is 11.1. The third kappa shape index (κ3) is 1.24. The highest BCUT2D eigenvalue weighted by Gasteiger charge is 2.53. The van der Waals surface area contributed by atoms with Crippen LogP contribution in [0.2, 0.25) is 0 Å². The Bertz CT molecular complexity index is 469. The minimum Gasteiger partial charge on any atom is -0.506 e. The van der Waals surface area contributed by atoms with Crippen molar-refractivity contribution in [3.8, 4) is 11.8 Å². The molecule has 0 bridgehead atoms. The molecule has 76 valence electrons. The summed E-state index contributed by atoms with van der Waals surface area (Å²) in [7, 11) is 0. The molecule has 0 aliphatic heterocycles. The van der Waals surface area contributed by atoms with E-state index in [0.717, 1.165) is 0 Å². The number of carboxylic acids is 1. The van der Waals surface area contributed by atoms with Crippen LogP contribution in [0.25, 0.3) is 0 Å². The number of aromatic hydroxyl groups is 1. The van der Waals surface area contributed by atoms with Crippen molar-refractivity contribution >= 4 is 5.97 Å². The van der Waals surface area contributed by atoms with Crippen molar-refractivity contribution in [2.45, 2.75) is 18.3 Å². The van der Waals surface area contributed by atoms with Crippen molar-refractivity contribution in [2.75, 3.05) is 0 Å². The van der Waals surface area contributed by atoms with Crippen LogP contribution in [0.3, 0.4) is 0 Å². The molecule has 1 aliphatic carbocycles. The average molecular weight is 203 g/mol. The number of nitrogens with zero attached hydrogens (tertiary/aromatic N) is 1. The smallest absolute Gasteiger partial charge is 0.314 e. The molecule has 0 saturated heterocycles. The van der Waals surface area contributed by atoms with E-state index in [-0.39, 0.29) is 11.3 Å². The summed E-state index contributed by atoms with van der Waals surface area (Å²) in [4.78, 5) is 11.0. The monoisotopic (exact) mass is 203 g/mol. The number of phenolic OH excluding ortho intramolecular Hbond substituents is 1. The molecule has 0 unspecified atom stereocenters. The highest BCUT2D eigenvalue weighted by atomic mass is 16.4. The summed E-state index contributed by atoms with van der Waals surface area (Å²) >= 11 is 0. The first-order valence-corrected chi connectivity index (χ1v) is 4.58. The van der Waals surface area contributed by atoms with Gasteiger partial charge in [0.15, 0.2) is 0 Å². The van der Waals surface area contributed by atoms with Crippen LogP contribution in [0.5, 0.6) is 5.75 Å². The molecule has 1 aliphatic rings. The molecule has 2 rings (SSSR count). The van der Waals surface area contributed by atoms with Crippen LogP contribution in [0, 0.1) is 11.3 Å². The molecular weight excluding hydrogens is 194 g/mol. The van der Waals surface area contributed by atoms with E-state index in [2.05, 4.69) is 0 Å². The number of hydrogen-bond acceptors (Lipinski definition) is 3. The highest BCUT2D eigenvalue weighted by Crippen LogP contribution is 2.51. The number of rotatable bonds is 2. The first-order valence-electron chi connectivity index (χ1n) is 4.58. The van der Waals surface area contributed by atoms with E-state index in [1.54, 1.807) is 12.1 Å². The van der Waals surface area contributed by atoms with Gasteiger partial charge in [0, 0.05) is 5.56 Å². The van der Waals surface area contributed by atoms with Crippen LogP contribution in [-0.2, 0) is 10.2 Å². The molecule has 0 aromatic heterocycles. The van der Waals surface area contributed by atoms with Gasteiger partial charge in [-0.1, -0.05) is 12.1 Å². The van der Waals surface area contributed by atoms with Crippen LogP contribution in [0.4, 0.5) is 0 Å². The minimum atomic E-state index is -0.961. The van der Waals surface area contributed by atoms with Gasteiger partial charge in [0.1, 0.15) is 11.8 Å². The molecule has 0 radical (unpaired) electrons. The van der Waals surface area contributed by atoms with Crippen LogP contribution in [0.1, 0.15) is 24.0 Å². The molecule has 1 fully saturated rings. The van der Waals surface area contributed by atoms with Crippen molar-refractivity contribution in [3.63, 3.8) is 0 Å².